The average molecular weight is 120 g/mol. The van der Waals surface area contributed by atoms with Crippen LogP contribution in [0.3, 0.4) is 0 Å². The first kappa shape index (κ1) is 4.77. The minimum Gasteiger partial charge on any atom is -0.362 e. The van der Waals surface area contributed by atoms with Gasteiger partial charge in [0.2, 0.25) is 11.1 Å². The van der Waals surface area contributed by atoms with Crippen LogP contribution in [0, 0.1) is 0 Å². The fourth-order valence-corrected chi connectivity index (χ4v) is 0.769. The molecule has 0 saturated carbocycles. The molecule has 3 nitrogen and oxygen atoms in total. The van der Waals surface area contributed by atoms with Crippen molar-refractivity contribution in [2.75, 3.05) is 0 Å². The van der Waals surface area contributed by atoms with Crippen molar-refractivity contribution in [2.24, 2.45) is 0 Å². The second-order valence-electron chi connectivity index (χ2n) is 1.31. The van der Waals surface area contributed by atoms with Crippen LogP contribution in [0.5, 0.6) is 0 Å². The molecule has 0 aromatic carbocycles. The van der Waals surface area contributed by atoms with Gasteiger partial charge in [0.25, 0.3) is 0 Å². The molecule has 2 unspecified atom stereocenters. The van der Waals surface area contributed by atoms with Crippen LogP contribution in [0.25, 0.3) is 0 Å². The molecule has 4 heteroatoms. The van der Waals surface area contributed by atoms with Gasteiger partial charge in [-0.05, 0) is 6.92 Å². The van der Waals surface area contributed by atoms with Crippen LogP contribution in [0.1, 0.15) is 6.92 Å². The molecule has 7 heavy (non-hydrogen) atoms. The maximum Gasteiger partial charge on any atom is 0.338 e. The number of rotatable bonds is 0. The van der Waals surface area contributed by atoms with Gasteiger partial charge in [0, 0.05) is 0 Å². The number of hydrogen-bond donors (Lipinski definition) is 0. The average Bonchev–Trinajstić information content (AvgIpc) is 1.68. The maximum atomic E-state index is 10.1. The fraction of sp³-hybridized carbons (Fsp3) is 0.667. The summed E-state index contributed by atoms with van der Waals surface area (Å²) in [5.41, 5.74) is 0. The monoisotopic (exact) mass is 120 g/mol. The summed E-state index contributed by atoms with van der Waals surface area (Å²) in [6.45, 7) is 1.57. The molecule has 0 spiro atoms. The summed E-state index contributed by atoms with van der Waals surface area (Å²) in [6, 6.07) is 0. The molecule has 2 atom stereocenters. The highest BCUT2D eigenvalue weighted by Gasteiger charge is 2.35. The minimum atomic E-state index is -1.32. The molecule has 0 bridgehead atoms. The Morgan fingerprint density at radius 1 is 1.86 bits per heavy atom. The lowest BCUT2D eigenvalue weighted by atomic mass is 10.5. The molecule has 0 amide bonds. The SMILES string of the molecule is CC1C(=O)OS1=O. The van der Waals surface area contributed by atoms with Crippen LogP contribution < -0.4 is 0 Å². The van der Waals surface area contributed by atoms with E-state index in [0.717, 1.165) is 0 Å². The van der Waals surface area contributed by atoms with Gasteiger partial charge in [-0.25, -0.2) is 9.00 Å². The van der Waals surface area contributed by atoms with E-state index in [1.165, 1.54) is 0 Å². The third-order valence-corrected chi connectivity index (χ3v) is 1.88. The lowest BCUT2D eigenvalue weighted by molar-refractivity contribution is -0.136. The molecular formula is C3H4O3S. The van der Waals surface area contributed by atoms with Crippen molar-refractivity contribution in [1.82, 2.24) is 0 Å². The van der Waals surface area contributed by atoms with Gasteiger partial charge in [-0.2, -0.15) is 0 Å². The molecule has 40 valence electrons. The van der Waals surface area contributed by atoms with Gasteiger partial charge in [-0.3, -0.25) is 0 Å². The first-order chi connectivity index (χ1) is 3.22. The van der Waals surface area contributed by atoms with E-state index in [9.17, 15) is 9.00 Å². The summed E-state index contributed by atoms with van der Waals surface area (Å²) < 4.78 is 14.2. The summed E-state index contributed by atoms with van der Waals surface area (Å²) in [5.74, 6) is -0.363. The Morgan fingerprint density at radius 2 is 2.43 bits per heavy atom. The molecule has 1 saturated heterocycles. The van der Waals surface area contributed by atoms with Gasteiger partial charge in [0.05, 0.1) is 0 Å². The van der Waals surface area contributed by atoms with E-state index in [0.29, 0.717) is 0 Å². The van der Waals surface area contributed by atoms with E-state index >= 15 is 0 Å². The Labute approximate surface area is 43.3 Å². The molecule has 0 radical (unpaired) electrons. The summed E-state index contributed by atoms with van der Waals surface area (Å²) >= 11 is -1.32. The van der Waals surface area contributed by atoms with E-state index in [1.54, 1.807) is 6.92 Å². The van der Waals surface area contributed by atoms with Crippen molar-refractivity contribution in [3.8, 4) is 0 Å². The summed E-state index contributed by atoms with van der Waals surface area (Å²) in [6.07, 6.45) is 0. The third kappa shape index (κ3) is 0.545. The molecule has 1 fully saturated rings. The fourth-order valence-electron chi connectivity index (χ4n) is 0.256. The van der Waals surface area contributed by atoms with E-state index in [4.69, 9.17) is 0 Å². The van der Waals surface area contributed by atoms with Crippen LogP contribution in [-0.4, -0.2) is 15.4 Å². The summed E-state index contributed by atoms with van der Waals surface area (Å²) in [4.78, 5) is 10.0. The molecule has 0 aromatic rings. The van der Waals surface area contributed by atoms with Crippen molar-refractivity contribution < 1.29 is 13.2 Å². The van der Waals surface area contributed by atoms with Crippen molar-refractivity contribution in [1.29, 1.82) is 0 Å². The van der Waals surface area contributed by atoms with Gasteiger partial charge in [0.15, 0.2) is 5.25 Å². The Kier molecular flexibility index (Phi) is 0.883. The highest BCUT2D eigenvalue weighted by Crippen LogP contribution is 2.11. The topological polar surface area (TPSA) is 43.4 Å². The second-order valence-corrected chi connectivity index (χ2v) is 2.70. The van der Waals surface area contributed by atoms with Gasteiger partial charge in [0.1, 0.15) is 0 Å². The first-order valence-corrected chi connectivity index (χ1v) is 2.98. The molecular weight excluding hydrogens is 116 g/mol. The molecule has 0 aromatic heterocycles. The smallest absolute Gasteiger partial charge is 0.338 e. The summed E-state index contributed by atoms with van der Waals surface area (Å²) in [7, 11) is 0. The first-order valence-electron chi connectivity index (χ1n) is 1.84. The Hall–Kier alpha value is -0.380. The van der Waals surface area contributed by atoms with Crippen LogP contribution >= 0.6 is 0 Å². The zero-order valence-corrected chi connectivity index (χ0v) is 4.53. The van der Waals surface area contributed by atoms with Gasteiger partial charge in [-0.15, -0.1) is 0 Å². The largest absolute Gasteiger partial charge is 0.362 e. The maximum absolute atomic E-state index is 10.1. The standard InChI is InChI=1S/C3H4O3S/c1-2-3(4)6-7(2)5/h2H,1H3. The molecule has 1 aliphatic heterocycles. The van der Waals surface area contributed by atoms with Gasteiger partial charge < -0.3 is 4.18 Å². The second kappa shape index (κ2) is 1.30. The van der Waals surface area contributed by atoms with Gasteiger partial charge in [-0.1, -0.05) is 0 Å². The predicted octanol–water partition coefficient (Wildman–Crippen LogP) is -0.405. The zero-order chi connectivity index (χ0) is 5.44. The van der Waals surface area contributed by atoms with Crippen molar-refractivity contribution in [2.45, 2.75) is 12.2 Å². The molecule has 1 heterocycles. The lowest BCUT2D eigenvalue weighted by Crippen LogP contribution is -2.38. The van der Waals surface area contributed by atoms with Crippen LogP contribution in [0.15, 0.2) is 0 Å². The normalized spacial score (nSPS) is 39.3. The van der Waals surface area contributed by atoms with Crippen molar-refractivity contribution in [3.63, 3.8) is 0 Å². The Bertz CT molecular complexity index is 116. The van der Waals surface area contributed by atoms with Crippen LogP contribution in [0.4, 0.5) is 0 Å². The minimum absolute atomic E-state index is 0.363. The van der Waals surface area contributed by atoms with Crippen LogP contribution in [-0.2, 0) is 20.1 Å². The highest BCUT2D eigenvalue weighted by atomic mass is 32.2. The Morgan fingerprint density at radius 3 is 2.43 bits per heavy atom. The van der Waals surface area contributed by atoms with Gasteiger partial charge >= 0.3 is 5.97 Å². The number of carbonyl (C=O) groups excluding carboxylic acids is 1. The highest BCUT2D eigenvalue weighted by molar-refractivity contribution is 7.84. The molecule has 1 aliphatic rings. The molecule has 1 rings (SSSR count). The Balaban J connectivity index is 2.59. The molecule has 0 aliphatic carbocycles. The number of carbonyl (C=O) groups is 1. The summed E-state index contributed by atoms with van der Waals surface area (Å²) in [5, 5.41) is -0.389. The lowest BCUT2D eigenvalue weighted by Gasteiger charge is -2.16. The number of hydrogen-bond acceptors (Lipinski definition) is 3. The molecule has 0 N–H and O–H groups in total. The third-order valence-electron chi connectivity index (χ3n) is 0.785. The van der Waals surface area contributed by atoms with Crippen LogP contribution in [0.2, 0.25) is 0 Å². The zero-order valence-electron chi connectivity index (χ0n) is 3.71. The van der Waals surface area contributed by atoms with Crippen molar-refractivity contribution >= 4 is 17.0 Å². The van der Waals surface area contributed by atoms with E-state index in [2.05, 4.69) is 4.18 Å². The predicted molar refractivity (Wildman–Crippen MR) is 23.7 cm³/mol. The quantitative estimate of drug-likeness (QED) is 0.436. The van der Waals surface area contributed by atoms with E-state index in [1.807, 2.05) is 0 Å². The van der Waals surface area contributed by atoms with E-state index in [-0.39, 0.29) is 11.2 Å². The van der Waals surface area contributed by atoms with Crippen molar-refractivity contribution in [3.05, 3.63) is 0 Å². The van der Waals surface area contributed by atoms with E-state index < -0.39 is 11.1 Å².